The van der Waals surface area contributed by atoms with Gasteiger partial charge in [0.05, 0.1) is 0 Å². The van der Waals surface area contributed by atoms with Gasteiger partial charge in [0.2, 0.25) is 5.91 Å². The van der Waals surface area contributed by atoms with Gasteiger partial charge in [-0.05, 0) is 12.8 Å². The monoisotopic (exact) mass is 201 g/mol. The molecule has 0 saturated heterocycles. The first-order chi connectivity index (χ1) is 6.54. The van der Waals surface area contributed by atoms with Crippen LogP contribution in [0.25, 0.3) is 0 Å². The molecule has 0 radical (unpaired) electrons. The summed E-state index contributed by atoms with van der Waals surface area (Å²) in [6.07, 6.45) is 2.61. The first-order valence-electron chi connectivity index (χ1n) is 5.03. The van der Waals surface area contributed by atoms with Crippen LogP contribution in [0.5, 0.6) is 0 Å². The van der Waals surface area contributed by atoms with Crippen molar-refractivity contribution in [2.45, 2.75) is 39.5 Å². The Morgan fingerprint density at radius 3 is 2.36 bits per heavy atom. The van der Waals surface area contributed by atoms with Gasteiger partial charge in [-0.15, -0.1) is 0 Å². The quantitative estimate of drug-likeness (QED) is 0.612. The van der Waals surface area contributed by atoms with E-state index in [9.17, 15) is 9.59 Å². The molecule has 0 saturated carbocycles. The van der Waals surface area contributed by atoms with Gasteiger partial charge >= 0.3 is 5.97 Å². The SMILES string of the molecule is CC(C)C(=O)NCCCCCC(=O)O. The van der Waals surface area contributed by atoms with E-state index in [0.717, 1.165) is 12.8 Å². The van der Waals surface area contributed by atoms with Gasteiger partial charge in [-0.25, -0.2) is 0 Å². The summed E-state index contributed by atoms with van der Waals surface area (Å²) in [6.45, 7) is 4.34. The van der Waals surface area contributed by atoms with E-state index in [1.165, 1.54) is 0 Å². The number of rotatable bonds is 7. The van der Waals surface area contributed by atoms with E-state index in [4.69, 9.17) is 5.11 Å². The molecule has 0 spiro atoms. The van der Waals surface area contributed by atoms with Gasteiger partial charge in [0, 0.05) is 18.9 Å². The predicted octanol–water partition coefficient (Wildman–Crippen LogP) is 1.40. The van der Waals surface area contributed by atoms with Crippen LogP contribution in [0, 0.1) is 5.92 Å². The highest BCUT2D eigenvalue weighted by Crippen LogP contribution is 1.99. The zero-order chi connectivity index (χ0) is 11.0. The Kier molecular flexibility index (Phi) is 6.80. The summed E-state index contributed by atoms with van der Waals surface area (Å²) in [5, 5.41) is 11.1. The maximum atomic E-state index is 11.1. The van der Waals surface area contributed by atoms with E-state index >= 15 is 0 Å². The zero-order valence-corrected chi connectivity index (χ0v) is 8.88. The van der Waals surface area contributed by atoms with E-state index < -0.39 is 5.97 Å². The molecule has 0 heterocycles. The fourth-order valence-corrected chi connectivity index (χ4v) is 0.994. The Labute approximate surface area is 84.7 Å². The number of hydrogen-bond acceptors (Lipinski definition) is 2. The Hall–Kier alpha value is -1.06. The molecule has 0 bridgehead atoms. The minimum atomic E-state index is -0.754. The number of hydrogen-bond donors (Lipinski definition) is 2. The van der Waals surface area contributed by atoms with Crippen LogP contribution in [0.1, 0.15) is 39.5 Å². The van der Waals surface area contributed by atoms with Crippen molar-refractivity contribution in [2.75, 3.05) is 6.54 Å². The molecule has 1 amide bonds. The smallest absolute Gasteiger partial charge is 0.303 e. The Balaban J connectivity index is 3.22. The lowest BCUT2D eigenvalue weighted by molar-refractivity contribution is -0.137. The van der Waals surface area contributed by atoms with Crippen molar-refractivity contribution < 1.29 is 14.7 Å². The molecule has 14 heavy (non-hydrogen) atoms. The maximum absolute atomic E-state index is 11.1. The van der Waals surface area contributed by atoms with Gasteiger partial charge in [-0.3, -0.25) is 9.59 Å². The third kappa shape index (κ3) is 7.58. The molecule has 2 N–H and O–H groups in total. The number of aliphatic carboxylic acids is 1. The van der Waals surface area contributed by atoms with Crippen molar-refractivity contribution in [3.05, 3.63) is 0 Å². The highest BCUT2D eigenvalue weighted by molar-refractivity contribution is 5.77. The molecule has 0 aromatic carbocycles. The lowest BCUT2D eigenvalue weighted by Gasteiger charge is -2.06. The zero-order valence-electron chi connectivity index (χ0n) is 8.88. The second kappa shape index (κ2) is 7.35. The molecule has 0 fully saturated rings. The molecule has 0 aliphatic heterocycles. The van der Waals surface area contributed by atoms with Crippen LogP contribution in [0.4, 0.5) is 0 Å². The van der Waals surface area contributed by atoms with Crippen LogP contribution >= 0.6 is 0 Å². The number of carbonyl (C=O) groups is 2. The Bertz CT molecular complexity index is 190. The fourth-order valence-electron chi connectivity index (χ4n) is 0.994. The number of carboxylic acids is 1. The summed E-state index contributed by atoms with van der Waals surface area (Å²) < 4.78 is 0. The number of nitrogens with one attached hydrogen (secondary N) is 1. The molecular formula is C10H19NO3. The van der Waals surface area contributed by atoms with Crippen molar-refractivity contribution in [3.8, 4) is 0 Å². The fraction of sp³-hybridized carbons (Fsp3) is 0.800. The molecule has 4 heteroatoms. The summed E-state index contributed by atoms with van der Waals surface area (Å²) in [5.41, 5.74) is 0. The standard InChI is InChI=1S/C10H19NO3/c1-8(2)10(14)11-7-5-3-4-6-9(12)13/h8H,3-7H2,1-2H3,(H,11,14)(H,12,13). The van der Waals surface area contributed by atoms with Crippen LogP contribution in [-0.4, -0.2) is 23.5 Å². The molecule has 0 aliphatic carbocycles. The molecule has 0 aromatic heterocycles. The topological polar surface area (TPSA) is 66.4 Å². The summed E-state index contributed by atoms with van der Waals surface area (Å²) in [4.78, 5) is 21.2. The van der Waals surface area contributed by atoms with Crippen molar-refractivity contribution in [3.63, 3.8) is 0 Å². The van der Waals surface area contributed by atoms with E-state index in [1.807, 2.05) is 13.8 Å². The van der Waals surface area contributed by atoms with Gasteiger partial charge in [0.25, 0.3) is 0 Å². The first kappa shape index (κ1) is 12.9. The minimum Gasteiger partial charge on any atom is -0.481 e. The lowest BCUT2D eigenvalue weighted by atomic mass is 10.2. The maximum Gasteiger partial charge on any atom is 0.303 e. The lowest BCUT2D eigenvalue weighted by Crippen LogP contribution is -2.28. The molecule has 0 aromatic rings. The number of carboxylic acid groups (broad SMARTS) is 1. The molecule has 0 atom stereocenters. The second-order valence-corrected chi connectivity index (χ2v) is 3.65. The van der Waals surface area contributed by atoms with E-state index in [0.29, 0.717) is 13.0 Å². The van der Waals surface area contributed by atoms with Crippen LogP contribution < -0.4 is 5.32 Å². The van der Waals surface area contributed by atoms with Crippen molar-refractivity contribution in [1.29, 1.82) is 0 Å². The molecule has 0 aliphatic rings. The average molecular weight is 201 g/mol. The van der Waals surface area contributed by atoms with Gasteiger partial charge in [0.15, 0.2) is 0 Å². The summed E-state index contributed by atoms with van der Waals surface area (Å²) in [7, 11) is 0. The van der Waals surface area contributed by atoms with Gasteiger partial charge in [-0.1, -0.05) is 20.3 Å². The van der Waals surface area contributed by atoms with Crippen LogP contribution in [-0.2, 0) is 9.59 Å². The molecule has 4 nitrogen and oxygen atoms in total. The summed E-state index contributed by atoms with van der Waals surface area (Å²) in [5.74, 6) is -0.673. The van der Waals surface area contributed by atoms with Crippen molar-refractivity contribution in [2.24, 2.45) is 5.92 Å². The molecule has 82 valence electrons. The summed E-state index contributed by atoms with van der Waals surface area (Å²) in [6, 6.07) is 0. The third-order valence-corrected chi connectivity index (χ3v) is 1.89. The second-order valence-electron chi connectivity index (χ2n) is 3.65. The van der Waals surface area contributed by atoms with Crippen molar-refractivity contribution >= 4 is 11.9 Å². The van der Waals surface area contributed by atoms with Crippen LogP contribution in [0.2, 0.25) is 0 Å². The largest absolute Gasteiger partial charge is 0.481 e. The van der Waals surface area contributed by atoms with E-state index in [-0.39, 0.29) is 18.2 Å². The minimum absolute atomic E-state index is 0.0222. The molecular weight excluding hydrogens is 182 g/mol. The van der Waals surface area contributed by atoms with E-state index in [2.05, 4.69) is 5.32 Å². The first-order valence-corrected chi connectivity index (χ1v) is 5.03. The highest BCUT2D eigenvalue weighted by Gasteiger charge is 2.04. The number of carbonyl (C=O) groups excluding carboxylic acids is 1. The number of unbranched alkanes of at least 4 members (excludes halogenated alkanes) is 2. The van der Waals surface area contributed by atoms with Gasteiger partial charge in [0.1, 0.15) is 0 Å². The third-order valence-electron chi connectivity index (χ3n) is 1.89. The summed E-state index contributed by atoms with van der Waals surface area (Å²) >= 11 is 0. The van der Waals surface area contributed by atoms with E-state index in [1.54, 1.807) is 0 Å². The Morgan fingerprint density at radius 1 is 1.21 bits per heavy atom. The number of amides is 1. The normalized spacial score (nSPS) is 10.2. The van der Waals surface area contributed by atoms with Crippen molar-refractivity contribution in [1.82, 2.24) is 5.32 Å². The van der Waals surface area contributed by atoms with Crippen LogP contribution in [0.3, 0.4) is 0 Å². The van der Waals surface area contributed by atoms with Crippen LogP contribution in [0.15, 0.2) is 0 Å². The van der Waals surface area contributed by atoms with Gasteiger partial charge in [-0.2, -0.15) is 0 Å². The highest BCUT2D eigenvalue weighted by atomic mass is 16.4. The predicted molar refractivity (Wildman–Crippen MR) is 54.0 cm³/mol. The average Bonchev–Trinajstić information content (AvgIpc) is 2.09. The molecule has 0 rings (SSSR count). The Morgan fingerprint density at radius 2 is 1.86 bits per heavy atom. The molecule has 0 unspecified atom stereocenters. The van der Waals surface area contributed by atoms with Gasteiger partial charge < -0.3 is 10.4 Å².